The molecule has 2 aromatic rings. The van der Waals surface area contributed by atoms with E-state index >= 15 is 0 Å². The Hall–Kier alpha value is -2.10. The fourth-order valence-electron chi connectivity index (χ4n) is 5.18. The van der Waals surface area contributed by atoms with Crippen LogP contribution in [-0.2, 0) is 0 Å². The van der Waals surface area contributed by atoms with Crippen LogP contribution in [0, 0.1) is 41.0 Å². The summed E-state index contributed by atoms with van der Waals surface area (Å²) in [4.78, 5) is 0. The highest BCUT2D eigenvalue weighted by molar-refractivity contribution is 5.65. The Morgan fingerprint density at radius 2 is 1.46 bits per heavy atom. The summed E-state index contributed by atoms with van der Waals surface area (Å²) in [7, 11) is 0. The molecule has 2 saturated carbocycles. The third-order valence-electron chi connectivity index (χ3n) is 6.78. The molecule has 2 aliphatic rings. The maximum atomic E-state index is 14.7. The summed E-state index contributed by atoms with van der Waals surface area (Å²) in [6.45, 7) is 3.93. The molecule has 0 amide bonds. The van der Waals surface area contributed by atoms with Crippen molar-refractivity contribution in [2.45, 2.75) is 44.4 Å². The third kappa shape index (κ3) is 3.49. The van der Waals surface area contributed by atoms with Crippen LogP contribution in [-0.4, -0.2) is 0 Å². The van der Waals surface area contributed by atoms with Crippen molar-refractivity contribution in [1.82, 2.24) is 0 Å². The molecule has 148 valence electrons. The molecule has 4 atom stereocenters. The minimum Gasteiger partial charge on any atom is -0.206 e. The zero-order valence-corrected chi connectivity index (χ0v) is 15.7. The van der Waals surface area contributed by atoms with E-state index in [1.165, 1.54) is 31.4 Å². The average Bonchev–Trinajstić information content (AvgIpc) is 2.72. The van der Waals surface area contributed by atoms with Gasteiger partial charge in [-0.15, -0.1) is 6.58 Å². The Labute approximate surface area is 163 Å². The molecule has 2 aliphatic carbocycles. The third-order valence-corrected chi connectivity index (χ3v) is 6.78. The first kappa shape index (κ1) is 19.2. The molecule has 0 nitrogen and oxygen atoms in total. The van der Waals surface area contributed by atoms with Crippen LogP contribution < -0.4 is 0 Å². The second kappa shape index (κ2) is 7.73. The summed E-state index contributed by atoms with van der Waals surface area (Å²) in [6, 6.07) is 6.63. The van der Waals surface area contributed by atoms with Crippen LogP contribution in [0.1, 0.15) is 50.0 Å². The number of hydrogen-bond donors (Lipinski definition) is 0. The molecule has 28 heavy (non-hydrogen) atoms. The Bertz CT molecular complexity index is 888. The van der Waals surface area contributed by atoms with Gasteiger partial charge in [-0.2, -0.15) is 0 Å². The number of benzene rings is 2. The van der Waals surface area contributed by atoms with Gasteiger partial charge in [0.1, 0.15) is 5.82 Å². The van der Waals surface area contributed by atoms with Gasteiger partial charge in [0.25, 0.3) is 0 Å². The second-order valence-corrected chi connectivity index (χ2v) is 8.30. The van der Waals surface area contributed by atoms with E-state index in [0.29, 0.717) is 17.8 Å². The van der Waals surface area contributed by atoms with Gasteiger partial charge in [0.2, 0.25) is 0 Å². The van der Waals surface area contributed by atoms with E-state index in [1.807, 2.05) is 0 Å². The first-order chi connectivity index (χ1) is 13.5. The van der Waals surface area contributed by atoms with Gasteiger partial charge in [-0.1, -0.05) is 18.2 Å². The Kier molecular flexibility index (Phi) is 5.31. The number of hydrogen-bond acceptors (Lipinski definition) is 0. The zero-order valence-electron chi connectivity index (χ0n) is 15.7. The molecule has 2 fully saturated rings. The van der Waals surface area contributed by atoms with Gasteiger partial charge in [0, 0.05) is 11.1 Å². The number of rotatable bonds is 3. The predicted molar refractivity (Wildman–Crippen MR) is 103 cm³/mol. The molecular weight excluding hydrogens is 364 g/mol. The molecular formula is C24H24F4. The van der Waals surface area contributed by atoms with Crippen LogP contribution >= 0.6 is 0 Å². The largest absolute Gasteiger partial charge is 0.206 e. The molecule has 0 N–H and O–H groups in total. The molecule has 0 saturated heterocycles. The summed E-state index contributed by atoms with van der Waals surface area (Å²) >= 11 is 0. The van der Waals surface area contributed by atoms with Crippen molar-refractivity contribution in [1.29, 1.82) is 0 Å². The van der Waals surface area contributed by atoms with Gasteiger partial charge in [-0.05, 0) is 86.0 Å². The fourth-order valence-corrected chi connectivity index (χ4v) is 5.18. The minimum atomic E-state index is -1.57. The standard InChI is InChI=1S/C24H24F4/c1-2-14-3-4-16-12-17(6-5-15(16)11-14)18-7-8-19(22(26)13-18)20-9-10-21(25)24(28)23(20)27/h2,7-10,13-17H,1,3-6,11-12H2. The van der Waals surface area contributed by atoms with Crippen LogP contribution in [0.15, 0.2) is 43.0 Å². The van der Waals surface area contributed by atoms with Gasteiger partial charge in [-0.3, -0.25) is 0 Å². The van der Waals surface area contributed by atoms with Gasteiger partial charge in [-0.25, -0.2) is 17.6 Å². The van der Waals surface area contributed by atoms with Crippen molar-refractivity contribution in [3.8, 4) is 11.1 Å². The summed E-state index contributed by atoms with van der Waals surface area (Å²) in [6.07, 6.45) is 8.87. The van der Waals surface area contributed by atoms with Gasteiger partial charge in [0.05, 0.1) is 0 Å². The SMILES string of the molecule is C=CC1CCC2CC(c3ccc(-c4ccc(F)c(F)c4F)c(F)c3)CCC2C1. The van der Waals surface area contributed by atoms with Gasteiger partial charge >= 0.3 is 0 Å². The smallest absolute Gasteiger partial charge is 0.195 e. The molecule has 4 unspecified atom stereocenters. The van der Waals surface area contributed by atoms with E-state index in [0.717, 1.165) is 42.9 Å². The highest BCUT2D eigenvalue weighted by Gasteiger charge is 2.35. The van der Waals surface area contributed by atoms with E-state index in [4.69, 9.17) is 0 Å². The molecule has 0 aromatic heterocycles. The molecule has 0 bridgehead atoms. The topological polar surface area (TPSA) is 0 Å². The predicted octanol–water partition coefficient (Wildman–Crippen LogP) is 7.40. The molecule has 2 aromatic carbocycles. The summed E-state index contributed by atoms with van der Waals surface area (Å²) < 4.78 is 55.4. The van der Waals surface area contributed by atoms with Crippen LogP contribution in [0.25, 0.3) is 11.1 Å². The fraction of sp³-hybridized carbons (Fsp3) is 0.417. The highest BCUT2D eigenvalue weighted by atomic mass is 19.2. The minimum absolute atomic E-state index is 0.0414. The lowest BCUT2D eigenvalue weighted by atomic mass is 9.64. The Morgan fingerprint density at radius 1 is 0.750 bits per heavy atom. The molecule has 0 radical (unpaired) electrons. The van der Waals surface area contributed by atoms with Crippen LogP contribution in [0.4, 0.5) is 17.6 Å². The van der Waals surface area contributed by atoms with E-state index < -0.39 is 23.3 Å². The lowest BCUT2D eigenvalue weighted by molar-refractivity contribution is 0.133. The van der Waals surface area contributed by atoms with Gasteiger partial charge < -0.3 is 0 Å². The van der Waals surface area contributed by atoms with Crippen LogP contribution in [0.5, 0.6) is 0 Å². The molecule has 4 rings (SSSR count). The average molecular weight is 388 g/mol. The van der Waals surface area contributed by atoms with Gasteiger partial charge in [0.15, 0.2) is 17.5 Å². The maximum absolute atomic E-state index is 14.7. The van der Waals surface area contributed by atoms with Crippen molar-refractivity contribution in [2.24, 2.45) is 17.8 Å². The van der Waals surface area contributed by atoms with E-state index in [-0.39, 0.29) is 11.1 Å². The van der Waals surface area contributed by atoms with E-state index in [9.17, 15) is 17.6 Å². The quantitative estimate of drug-likeness (QED) is 0.292. The van der Waals surface area contributed by atoms with Crippen LogP contribution in [0.2, 0.25) is 0 Å². The summed E-state index contributed by atoms with van der Waals surface area (Å²) in [5, 5.41) is 0. The normalized spacial score (nSPS) is 27.3. The Balaban J connectivity index is 1.54. The van der Waals surface area contributed by atoms with E-state index in [2.05, 4.69) is 12.7 Å². The monoisotopic (exact) mass is 388 g/mol. The number of fused-ring (bicyclic) bond motifs is 1. The number of halogens is 4. The number of allylic oxidation sites excluding steroid dienone is 1. The van der Waals surface area contributed by atoms with Crippen molar-refractivity contribution in [3.63, 3.8) is 0 Å². The molecule has 0 aliphatic heterocycles. The molecule has 0 spiro atoms. The first-order valence-corrected chi connectivity index (χ1v) is 10.0. The molecule has 4 heteroatoms. The maximum Gasteiger partial charge on any atom is 0.195 e. The van der Waals surface area contributed by atoms with Crippen molar-refractivity contribution in [2.75, 3.05) is 0 Å². The summed E-state index contributed by atoms with van der Waals surface area (Å²) in [5.74, 6) is -2.49. The molecule has 0 heterocycles. The zero-order chi connectivity index (χ0) is 19.8. The lowest BCUT2D eigenvalue weighted by Crippen LogP contribution is -2.30. The first-order valence-electron chi connectivity index (χ1n) is 10.0. The van der Waals surface area contributed by atoms with Crippen molar-refractivity contribution >= 4 is 0 Å². The second-order valence-electron chi connectivity index (χ2n) is 8.30. The van der Waals surface area contributed by atoms with Crippen molar-refractivity contribution in [3.05, 3.63) is 71.8 Å². The van der Waals surface area contributed by atoms with E-state index in [1.54, 1.807) is 6.07 Å². The summed E-state index contributed by atoms with van der Waals surface area (Å²) in [5.41, 5.74) is 0.614. The van der Waals surface area contributed by atoms with Crippen LogP contribution in [0.3, 0.4) is 0 Å². The highest BCUT2D eigenvalue weighted by Crippen LogP contribution is 2.48. The Morgan fingerprint density at radius 3 is 2.21 bits per heavy atom. The van der Waals surface area contributed by atoms with Crippen molar-refractivity contribution < 1.29 is 17.6 Å². The lowest BCUT2D eigenvalue weighted by Gasteiger charge is -2.41.